The number of aliphatic imine (C=N–C) groups is 1. The van der Waals surface area contributed by atoms with Crippen molar-refractivity contribution in [3.63, 3.8) is 0 Å². The minimum atomic E-state index is 0.535. The zero-order chi connectivity index (χ0) is 12.3. The highest BCUT2D eigenvalue weighted by Crippen LogP contribution is 2.40. The molecular weight excluding hydrogens is 210 g/mol. The molecular formula is C14H27N3. The molecule has 0 aromatic carbocycles. The first kappa shape index (κ1) is 12.7. The first-order chi connectivity index (χ1) is 8.19. The number of hydrogen-bond donors (Lipinski definition) is 2. The normalized spacial score (nSPS) is 31.4. The first-order valence-electron chi connectivity index (χ1n) is 7.16. The van der Waals surface area contributed by atoms with Crippen LogP contribution in [0.3, 0.4) is 0 Å². The summed E-state index contributed by atoms with van der Waals surface area (Å²) >= 11 is 0. The van der Waals surface area contributed by atoms with Crippen molar-refractivity contribution in [3.05, 3.63) is 0 Å². The van der Waals surface area contributed by atoms with Crippen LogP contribution >= 0.6 is 0 Å². The van der Waals surface area contributed by atoms with E-state index in [0.717, 1.165) is 18.4 Å². The maximum absolute atomic E-state index is 4.32. The summed E-state index contributed by atoms with van der Waals surface area (Å²) in [4.78, 5) is 4.32. The molecule has 0 aromatic heterocycles. The Morgan fingerprint density at radius 1 is 1.35 bits per heavy atom. The van der Waals surface area contributed by atoms with Gasteiger partial charge in [0, 0.05) is 19.6 Å². The van der Waals surface area contributed by atoms with Crippen molar-refractivity contribution in [3.8, 4) is 0 Å². The lowest BCUT2D eigenvalue weighted by atomic mass is 9.83. The smallest absolute Gasteiger partial charge is 0.191 e. The fourth-order valence-corrected chi connectivity index (χ4v) is 2.94. The fourth-order valence-electron chi connectivity index (χ4n) is 2.94. The number of guanidine groups is 1. The lowest BCUT2D eigenvalue weighted by molar-refractivity contribution is 0.283. The minimum absolute atomic E-state index is 0.535. The molecule has 2 aliphatic carbocycles. The van der Waals surface area contributed by atoms with Crippen LogP contribution in [0.5, 0.6) is 0 Å². The molecule has 2 aliphatic rings. The zero-order valence-electron chi connectivity index (χ0n) is 11.6. The Bertz CT molecular complexity index is 279. The van der Waals surface area contributed by atoms with Crippen molar-refractivity contribution in [1.82, 2.24) is 10.6 Å². The quantitative estimate of drug-likeness (QED) is 0.582. The van der Waals surface area contributed by atoms with Crippen LogP contribution in [-0.2, 0) is 0 Å². The van der Waals surface area contributed by atoms with Gasteiger partial charge >= 0.3 is 0 Å². The van der Waals surface area contributed by atoms with Crippen LogP contribution in [0.1, 0.15) is 52.4 Å². The summed E-state index contributed by atoms with van der Waals surface area (Å²) in [5.41, 5.74) is 0.535. The number of nitrogens with one attached hydrogen (secondary N) is 2. The lowest BCUT2D eigenvalue weighted by Crippen LogP contribution is -2.43. The summed E-state index contributed by atoms with van der Waals surface area (Å²) in [5, 5.41) is 7.03. The van der Waals surface area contributed by atoms with Crippen molar-refractivity contribution in [1.29, 1.82) is 0 Å². The number of nitrogens with zero attached hydrogens (tertiary/aromatic N) is 1. The van der Waals surface area contributed by atoms with Gasteiger partial charge < -0.3 is 10.6 Å². The highest BCUT2D eigenvalue weighted by atomic mass is 15.2. The number of rotatable bonds is 4. The van der Waals surface area contributed by atoms with Crippen LogP contribution in [0.2, 0.25) is 0 Å². The third-order valence-electron chi connectivity index (χ3n) is 4.70. The molecule has 98 valence electrons. The highest BCUT2D eigenvalue weighted by molar-refractivity contribution is 5.80. The van der Waals surface area contributed by atoms with Gasteiger partial charge in [-0.2, -0.15) is 0 Å². The highest BCUT2D eigenvalue weighted by Gasteiger charge is 2.35. The molecule has 0 heterocycles. The molecule has 0 aromatic rings. The van der Waals surface area contributed by atoms with Crippen LogP contribution < -0.4 is 10.6 Å². The van der Waals surface area contributed by atoms with Crippen LogP contribution in [0.25, 0.3) is 0 Å². The molecule has 2 saturated carbocycles. The third kappa shape index (κ3) is 3.14. The van der Waals surface area contributed by atoms with E-state index in [1.807, 2.05) is 7.05 Å². The van der Waals surface area contributed by atoms with Gasteiger partial charge in [0.15, 0.2) is 5.96 Å². The van der Waals surface area contributed by atoms with E-state index < -0.39 is 0 Å². The lowest BCUT2D eigenvalue weighted by Gasteiger charge is -2.28. The van der Waals surface area contributed by atoms with Gasteiger partial charge in [0.1, 0.15) is 0 Å². The van der Waals surface area contributed by atoms with E-state index >= 15 is 0 Å². The predicted molar refractivity (Wildman–Crippen MR) is 73.3 cm³/mol. The van der Waals surface area contributed by atoms with E-state index in [1.165, 1.54) is 38.5 Å². The first-order valence-corrected chi connectivity index (χ1v) is 7.16. The molecule has 0 saturated heterocycles. The Hall–Kier alpha value is -0.730. The molecule has 3 nitrogen and oxygen atoms in total. The predicted octanol–water partition coefficient (Wildman–Crippen LogP) is 2.53. The Morgan fingerprint density at radius 2 is 2.00 bits per heavy atom. The van der Waals surface area contributed by atoms with Crippen LogP contribution in [-0.4, -0.2) is 25.6 Å². The Balaban J connectivity index is 1.78. The molecule has 0 aliphatic heterocycles. The van der Waals surface area contributed by atoms with E-state index in [4.69, 9.17) is 0 Å². The molecule has 2 unspecified atom stereocenters. The molecule has 3 heteroatoms. The van der Waals surface area contributed by atoms with E-state index in [2.05, 4.69) is 29.5 Å². The van der Waals surface area contributed by atoms with Gasteiger partial charge in [-0.05, 0) is 37.0 Å². The molecule has 2 rings (SSSR count). The maximum atomic E-state index is 4.32. The summed E-state index contributed by atoms with van der Waals surface area (Å²) < 4.78 is 0. The maximum Gasteiger partial charge on any atom is 0.191 e. The van der Waals surface area contributed by atoms with Gasteiger partial charge in [-0.15, -0.1) is 0 Å². The molecule has 2 fully saturated rings. The molecule has 2 atom stereocenters. The SMILES string of the molecule is CCC1(CNC(=NC)NC2CC2C)CCCC1. The van der Waals surface area contributed by atoms with Crippen molar-refractivity contribution in [2.24, 2.45) is 16.3 Å². The second-order valence-corrected chi connectivity index (χ2v) is 5.95. The van der Waals surface area contributed by atoms with Crippen LogP contribution in [0, 0.1) is 11.3 Å². The van der Waals surface area contributed by atoms with E-state index in [0.29, 0.717) is 11.5 Å². The average Bonchev–Trinajstić information content (AvgIpc) is 2.85. The van der Waals surface area contributed by atoms with Crippen LogP contribution in [0.4, 0.5) is 0 Å². The van der Waals surface area contributed by atoms with Crippen molar-refractivity contribution in [2.75, 3.05) is 13.6 Å². The van der Waals surface area contributed by atoms with Crippen molar-refractivity contribution < 1.29 is 0 Å². The summed E-state index contributed by atoms with van der Waals surface area (Å²) in [5.74, 6) is 1.82. The fraction of sp³-hybridized carbons (Fsp3) is 0.929. The number of hydrogen-bond acceptors (Lipinski definition) is 1. The molecule has 0 spiro atoms. The molecule has 2 N–H and O–H groups in total. The Morgan fingerprint density at radius 3 is 2.47 bits per heavy atom. The van der Waals surface area contributed by atoms with Gasteiger partial charge in [-0.3, -0.25) is 4.99 Å². The van der Waals surface area contributed by atoms with Gasteiger partial charge in [0.05, 0.1) is 0 Å². The summed E-state index contributed by atoms with van der Waals surface area (Å²) in [6, 6.07) is 0.655. The zero-order valence-corrected chi connectivity index (χ0v) is 11.6. The molecule has 17 heavy (non-hydrogen) atoms. The van der Waals surface area contributed by atoms with Gasteiger partial charge in [0.2, 0.25) is 0 Å². The van der Waals surface area contributed by atoms with Crippen LogP contribution in [0.15, 0.2) is 4.99 Å². The standard InChI is InChI=1S/C14H27N3/c1-4-14(7-5-6-8-14)10-16-13(15-3)17-12-9-11(12)2/h11-12H,4-10H2,1-3H3,(H2,15,16,17). The van der Waals surface area contributed by atoms with Gasteiger partial charge in [-0.25, -0.2) is 0 Å². The average molecular weight is 237 g/mol. The summed E-state index contributed by atoms with van der Waals surface area (Å²) in [6.45, 7) is 5.70. The monoisotopic (exact) mass is 237 g/mol. The second kappa shape index (κ2) is 5.28. The van der Waals surface area contributed by atoms with E-state index in [9.17, 15) is 0 Å². The molecule has 0 radical (unpaired) electrons. The summed E-state index contributed by atoms with van der Waals surface area (Å²) in [6.07, 6.45) is 8.15. The largest absolute Gasteiger partial charge is 0.356 e. The topological polar surface area (TPSA) is 36.4 Å². The van der Waals surface area contributed by atoms with E-state index in [1.54, 1.807) is 0 Å². The summed E-state index contributed by atoms with van der Waals surface area (Å²) in [7, 11) is 1.87. The van der Waals surface area contributed by atoms with Gasteiger partial charge in [0.25, 0.3) is 0 Å². The Kier molecular flexibility index (Phi) is 3.95. The van der Waals surface area contributed by atoms with E-state index in [-0.39, 0.29) is 0 Å². The van der Waals surface area contributed by atoms with Crippen molar-refractivity contribution in [2.45, 2.75) is 58.4 Å². The van der Waals surface area contributed by atoms with Crippen molar-refractivity contribution >= 4 is 5.96 Å². The third-order valence-corrected chi connectivity index (χ3v) is 4.70. The molecule has 0 bridgehead atoms. The minimum Gasteiger partial charge on any atom is -0.356 e. The second-order valence-electron chi connectivity index (χ2n) is 5.95. The molecule has 0 amide bonds. The Labute approximate surface area is 105 Å². The van der Waals surface area contributed by atoms with Gasteiger partial charge in [-0.1, -0.05) is 26.7 Å².